The number of rotatable bonds is 0. The van der Waals surface area contributed by atoms with Gasteiger partial charge in [0.2, 0.25) is 0 Å². The van der Waals surface area contributed by atoms with Gasteiger partial charge in [-0.25, -0.2) is 0 Å². The Bertz CT molecular complexity index is 545. The average Bonchev–Trinajstić information content (AvgIpc) is 2.79. The fraction of sp³-hybridized carbons (Fsp3) is 0.556. The van der Waals surface area contributed by atoms with Crippen molar-refractivity contribution in [2.24, 2.45) is 17.3 Å². The van der Waals surface area contributed by atoms with E-state index < -0.39 is 0 Å². The van der Waals surface area contributed by atoms with Crippen LogP contribution in [0, 0.1) is 17.3 Å². The van der Waals surface area contributed by atoms with Crippen LogP contribution in [-0.4, -0.2) is 5.11 Å². The smallest absolute Gasteiger partial charge is 0.115 e. The van der Waals surface area contributed by atoms with Gasteiger partial charge in [-0.3, -0.25) is 0 Å². The molecule has 3 aliphatic carbocycles. The lowest BCUT2D eigenvalue weighted by molar-refractivity contribution is 0.0826. The Labute approximate surface area is 115 Å². The van der Waals surface area contributed by atoms with Crippen LogP contribution in [0.2, 0.25) is 0 Å². The van der Waals surface area contributed by atoms with E-state index in [2.05, 4.69) is 25.1 Å². The van der Waals surface area contributed by atoms with E-state index in [-0.39, 0.29) is 0 Å². The summed E-state index contributed by atoms with van der Waals surface area (Å²) in [4.78, 5) is 0. The van der Waals surface area contributed by atoms with E-state index in [0.717, 1.165) is 24.2 Å². The molecule has 0 radical (unpaired) electrons. The largest absolute Gasteiger partial charge is 0.508 e. The van der Waals surface area contributed by atoms with Gasteiger partial charge in [-0.2, -0.15) is 0 Å². The fourth-order valence-electron chi connectivity index (χ4n) is 5.05. The number of aromatic hydroxyl groups is 1. The summed E-state index contributed by atoms with van der Waals surface area (Å²) in [5.74, 6) is 2.88. The predicted octanol–water partition coefficient (Wildman–Crippen LogP) is 4.41. The van der Waals surface area contributed by atoms with Gasteiger partial charge in [-0.1, -0.05) is 25.1 Å². The van der Waals surface area contributed by atoms with E-state index in [4.69, 9.17) is 0 Å². The molecule has 4 rings (SSSR count). The molecule has 1 fully saturated rings. The van der Waals surface area contributed by atoms with E-state index in [1.807, 2.05) is 12.1 Å². The second kappa shape index (κ2) is 3.88. The van der Waals surface area contributed by atoms with Crippen molar-refractivity contribution in [2.75, 3.05) is 0 Å². The maximum atomic E-state index is 9.67. The van der Waals surface area contributed by atoms with Gasteiger partial charge in [0.1, 0.15) is 5.75 Å². The molecule has 1 aromatic carbocycles. The van der Waals surface area contributed by atoms with Crippen LogP contribution >= 0.6 is 0 Å². The van der Waals surface area contributed by atoms with Crippen molar-refractivity contribution >= 4 is 0 Å². The minimum Gasteiger partial charge on any atom is -0.508 e. The van der Waals surface area contributed by atoms with Gasteiger partial charge < -0.3 is 5.11 Å². The first-order chi connectivity index (χ1) is 9.17. The highest BCUT2D eigenvalue weighted by atomic mass is 16.3. The Hall–Kier alpha value is -1.24. The molecule has 0 heterocycles. The lowest BCUT2D eigenvalue weighted by Crippen LogP contribution is -2.39. The number of benzene rings is 1. The molecule has 1 N–H and O–H groups in total. The Morgan fingerprint density at radius 3 is 3.05 bits per heavy atom. The number of fused-ring (bicyclic) bond motifs is 5. The van der Waals surface area contributed by atoms with Crippen molar-refractivity contribution in [3.05, 3.63) is 41.5 Å². The molecule has 0 aromatic heterocycles. The van der Waals surface area contributed by atoms with Crippen LogP contribution in [0.15, 0.2) is 30.4 Å². The third-order valence-corrected chi connectivity index (χ3v) is 6.04. The zero-order valence-corrected chi connectivity index (χ0v) is 11.6. The van der Waals surface area contributed by atoms with E-state index in [9.17, 15) is 5.11 Å². The van der Waals surface area contributed by atoms with Crippen molar-refractivity contribution < 1.29 is 5.11 Å². The average molecular weight is 254 g/mol. The molecule has 0 amide bonds. The van der Waals surface area contributed by atoms with E-state index >= 15 is 0 Å². The molecular formula is C18H22O. The Morgan fingerprint density at radius 1 is 1.26 bits per heavy atom. The second-order valence-electron chi connectivity index (χ2n) is 6.98. The second-order valence-corrected chi connectivity index (χ2v) is 6.98. The number of hydrogen-bond donors (Lipinski definition) is 1. The summed E-state index contributed by atoms with van der Waals surface area (Å²) in [6, 6.07) is 6.06. The summed E-state index contributed by atoms with van der Waals surface area (Å²) in [6.07, 6.45) is 11.3. The molecule has 0 unspecified atom stereocenters. The predicted molar refractivity (Wildman–Crippen MR) is 77.2 cm³/mol. The van der Waals surface area contributed by atoms with Gasteiger partial charge in [0.05, 0.1) is 0 Å². The van der Waals surface area contributed by atoms with E-state index in [0.29, 0.717) is 11.2 Å². The molecule has 1 heteroatoms. The highest BCUT2D eigenvalue weighted by molar-refractivity contribution is 5.40. The third kappa shape index (κ3) is 1.60. The standard InChI is InChI=1S/C18H22O/c1-18-9-2-3-17(18)16-6-4-12-11-13(19)5-7-14(12)15(16)8-10-18/h2,5,7,9,11,15-17,19H,3-4,6,8,10H2,1H3/t15-,16-,17-,18-/m0/s1. The van der Waals surface area contributed by atoms with Gasteiger partial charge in [-0.05, 0) is 78.5 Å². The number of allylic oxidation sites excluding steroid dienone is 2. The maximum Gasteiger partial charge on any atom is 0.115 e. The molecular weight excluding hydrogens is 232 g/mol. The van der Waals surface area contributed by atoms with Crippen LogP contribution < -0.4 is 0 Å². The number of phenolic OH excluding ortho intramolecular Hbond substituents is 1. The summed E-state index contributed by atoms with van der Waals surface area (Å²) in [7, 11) is 0. The molecule has 0 bridgehead atoms. The molecule has 1 saturated carbocycles. The molecule has 0 aliphatic heterocycles. The van der Waals surface area contributed by atoms with Crippen LogP contribution in [0.25, 0.3) is 0 Å². The van der Waals surface area contributed by atoms with Gasteiger partial charge in [0.15, 0.2) is 0 Å². The molecule has 3 aliphatic rings. The minimum absolute atomic E-state index is 0.431. The lowest BCUT2D eigenvalue weighted by atomic mass is 9.56. The van der Waals surface area contributed by atoms with Crippen LogP contribution in [0.5, 0.6) is 5.75 Å². The van der Waals surface area contributed by atoms with Crippen molar-refractivity contribution in [2.45, 2.75) is 44.9 Å². The highest BCUT2D eigenvalue weighted by Gasteiger charge is 2.48. The van der Waals surface area contributed by atoms with Crippen molar-refractivity contribution in [3.8, 4) is 5.75 Å². The van der Waals surface area contributed by atoms with Crippen LogP contribution in [0.4, 0.5) is 0 Å². The summed E-state index contributed by atoms with van der Waals surface area (Å²) in [6.45, 7) is 2.46. The summed E-state index contributed by atoms with van der Waals surface area (Å²) in [5.41, 5.74) is 3.40. The Morgan fingerprint density at radius 2 is 2.16 bits per heavy atom. The fourth-order valence-corrected chi connectivity index (χ4v) is 5.05. The molecule has 4 atom stereocenters. The number of phenols is 1. The monoisotopic (exact) mass is 254 g/mol. The summed E-state index contributed by atoms with van der Waals surface area (Å²) < 4.78 is 0. The first kappa shape index (κ1) is 11.6. The van der Waals surface area contributed by atoms with Crippen LogP contribution in [0.1, 0.15) is 49.7 Å². The number of hydrogen-bond acceptors (Lipinski definition) is 1. The Kier molecular flexibility index (Phi) is 2.36. The topological polar surface area (TPSA) is 20.2 Å². The van der Waals surface area contributed by atoms with Gasteiger partial charge in [0, 0.05) is 0 Å². The third-order valence-electron chi connectivity index (χ3n) is 6.04. The SMILES string of the molecule is C[C@@]12C=CC[C@H]1[C@H]1CCc3cc(O)ccc3[C@@H]1CC2. The van der Waals surface area contributed by atoms with Crippen LogP contribution in [0.3, 0.4) is 0 Å². The minimum atomic E-state index is 0.431. The highest BCUT2D eigenvalue weighted by Crippen LogP contribution is 2.58. The van der Waals surface area contributed by atoms with Gasteiger partial charge >= 0.3 is 0 Å². The molecule has 100 valence electrons. The quantitative estimate of drug-likeness (QED) is 0.680. The van der Waals surface area contributed by atoms with E-state index in [1.165, 1.54) is 36.8 Å². The molecule has 1 nitrogen and oxygen atoms in total. The Balaban J connectivity index is 1.73. The molecule has 0 saturated heterocycles. The zero-order valence-electron chi connectivity index (χ0n) is 11.6. The normalized spacial score (nSPS) is 39.5. The van der Waals surface area contributed by atoms with Gasteiger partial charge in [-0.15, -0.1) is 0 Å². The number of aryl methyl sites for hydroxylation is 1. The first-order valence-electron chi connectivity index (χ1n) is 7.67. The molecule has 1 aromatic rings. The van der Waals surface area contributed by atoms with Crippen LogP contribution in [-0.2, 0) is 6.42 Å². The molecule has 0 spiro atoms. The maximum absolute atomic E-state index is 9.67. The summed E-state index contributed by atoms with van der Waals surface area (Å²) >= 11 is 0. The molecule has 19 heavy (non-hydrogen) atoms. The van der Waals surface area contributed by atoms with Crippen molar-refractivity contribution in [3.63, 3.8) is 0 Å². The zero-order chi connectivity index (χ0) is 13.0. The summed E-state index contributed by atoms with van der Waals surface area (Å²) in [5, 5.41) is 9.67. The van der Waals surface area contributed by atoms with Crippen molar-refractivity contribution in [1.82, 2.24) is 0 Å². The van der Waals surface area contributed by atoms with Crippen molar-refractivity contribution in [1.29, 1.82) is 0 Å². The first-order valence-corrected chi connectivity index (χ1v) is 7.67. The lowest BCUT2D eigenvalue weighted by Gasteiger charge is -2.49. The van der Waals surface area contributed by atoms with Gasteiger partial charge in [0.25, 0.3) is 0 Å². The van der Waals surface area contributed by atoms with E-state index in [1.54, 1.807) is 0 Å².